The summed E-state index contributed by atoms with van der Waals surface area (Å²) in [6, 6.07) is 1.98. The zero-order valence-electron chi connectivity index (χ0n) is 6.71. The van der Waals surface area contributed by atoms with Gasteiger partial charge in [0.05, 0.1) is 6.26 Å². The first-order valence-electron chi connectivity index (χ1n) is 3.65. The van der Waals surface area contributed by atoms with Crippen LogP contribution < -0.4 is 5.73 Å². The van der Waals surface area contributed by atoms with Crippen molar-refractivity contribution in [3.05, 3.63) is 36.3 Å². The lowest BCUT2D eigenvalue weighted by Crippen LogP contribution is -2.07. The quantitative estimate of drug-likeness (QED) is 0.672. The molecule has 1 rings (SSSR count). The number of hydrogen-bond donors (Lipinski definition) is 1. The lowest BCUT2D eigenvalue weighted by molar-refractivity contribution is 0.528. The van der Waals surface area contributed by atoms with E-state index < -0.39 is 0 Å². The lowest BCUT2D eigenvalue weighted by atomic mass is 10.1. The van der Waals surface area contributed by atoms with Crippen LogP contribution in [0.2, 0.25) is 0 Å². The van der Waals surface area contributed by atoms with Crippen molar-refractivity contribution in [2.45, 2.75) is 19.4 Å². The molecule has 2 nitrogen and oxygen atoms in total. The van der Waals surface area contributed by atoms with Crippen LogP contribution in [0.5, 0.6) is 0 Å². The summed E-state index contributed by atoms with van der Waals surface area (Å²) in [6.45, 7) is 5.53. The fourth-order valence-corrected chi connectivity index (χ4v) is 0.974. The predicted molar refractivity (Wildman–Crippen MR) is 45.2 cm³/mol. The molecule has 0 amide bonds. The molecule has 2 N–H and O–H groups in total. The van der Waals surface area contributed by atoms with Gasteiger partial charge in [-0.25, -0.2) is 0 Å². The zero-order valence-corrected chi connectivity index (χ0v) is 6.71. The van der Waals surface area contributed by atoms with Crippen LogP contribution in [0.15, 0.2) is 29.4 Å². The van der Waals surface area contributed by atoms with E-state index in [-0.39, 0.29) is 6.04 Å². The van der Waals surface area contributed by atoms with Crippen LogP contribution in [-0.2, 0) is 0 Å². The van der Waals surface area contributed by atoms with Gasteiger partial charge in [0.15, 0.2) is 0 Å². The van der Waals surface area contributed by atoms with E-state index in [1.807, 2.05) is 19.1 Å². The van der Waals surface area contributed by atoms with Gasteiger partial charge in [0, 0.05) is 11.6 Å². The van der Waals surface area contributed by atoms with Crippen LogP contribution >= 0.6 is 0 Å². The zero-order chi connectivity index (χ0) is 8.27. The van der Waals surface area contributed by atoms with Crippen molar-refractivity contribution >= 4 is 0 Å². The van der Waals surface area contributed by atoms with E-state index in [0.29, 0.717) is 0 Å². The fraction of sp³-hybridized carbons (Fsp3) is 0.333. The molecule has 0 bridgehead atoms. The molecule has 1 unspecified atom stereocenters. The molecular formula is C9H13NO. The number of aryl methyl sites for hydroxylation is 1. The number of furan rings is 1. The van der Waals surface area contributed by atoms with Gasteiger partial charge < -0.3 is 10.2 Å². The molecule has 0 aromatic carbocycles. The highest BCUT2D eigenvalue weighted by Crippen LogP contribution is 2.16. The van der Waals surface area contributed by atoms with E-state index in [9.17, 15) is 0 Å². The number of hydrogen-bond acceptors (Lipinski definition) is 2. The van der Waals surface area contributed by atoms with Gasteiger partial charge in [-0.2, -0.15) is 0 Å². The third-order valence-electron chi connectivity index (χ3n) is 1.60. The molecule has 60 valence electrons. The molecule has 0 spiro atoms. The molecule has 1 heterocycles. The van der Waals surface area contributed by atoms with Crippen molar-refractivity contribution in [1.82, 2.24) is 0 Å². The second-order valence-electron chi connectivity index (χ2n) is 2.62. The first-order chi connectivity index (χ1) is 5.24. The Labute approximate surface area is 66.7 Å². The van der Waals surface area contributed by atoms with Crippen molar-refractivity contribution in [2.24, 2.45) is 5.73 Å². The first kappa shape index (κ1) is 8.08. The third kappa shape index (κ3) is 1.95. The van der Waals surface area contributed by atoms with Gasteiger partial charge in [-0.3, -0.25) is 0 Å². The lowest BCUT2D eigenvalue weighted by Gasteiger charge is -2.03. The minimum atomic E-state index is 0.0324. The Morgan fingerprint density at radius 2 is 2.55 bits per heavy atom. The second kappa shape index (κ2) is 3.39. The molecule has 0 aliphatic carbocycles. The monoisotopic (exact) mass is 151 g/mol. The summed E-state index contributed by atoms with van der Waals surface area (Å²) in [6.07, 6.45) is 4.30. The molecule has 0 saturated carbocycles. The Bertz CT molecular complexity index is 239. The van der Waals surface area contributed by atoms with Crippen molar-refractivity contribution in [1.29, 1.82) is 0 Å². The average Bonchev–Trinajstić information content (AvgIpc) is 2.36. The van der Waals surface area contributed by atoms with Crippen molar-refractivity contribution in [2.75, 3.05) is 0 Å². The fourth-order valence-electron chi connectivity index (χ4n) is 0.974. The van der Waals surface area contributed by atoms with Crippen molar-refractivity contribution in [3.8, 4) is 0 Å². The largest absolute Gasteiger partial charge is 0.469 e. The van der Waals surface area contributed by atoms with E-state index in [4.69, 9.17) is 10.2 Å². The van der Waals surface area contributed by atoms with Crippen LogP contribution in [-0.4, -0.2) is 0 Å². The molecule has 0 radical (unpaired) electrons. The highest BCUT2D eigenvalue weighted by Gasteiger charge is 2.05. The van der Waals surface area contributed by atoms with Crippen LogP contribution in [0.3, 0.4) is 0 Å². The van der Waals surface area contributed by atoms with E-state index in [1.165, 1.54) is 0 Å². The molecule has 1 aromatic heterocycles. The summed E-state index contributed by atoms with van der Waals surface area (Å²) in [5.74, 6) is 0.902. The van der Waals surface area contributed by atoms with Gasteiger partial charge in [0.1, 0.15) is 5.76 Å². The smallest absolute Gasteiger partial charge is 0.101 e. The first-order valence-corrected chi connectivity index (χ1v) is 3.65. The SMILES string of the molecule is C=CCC(N)c1coc(C)c1. The minimum Gasteiger partial charge on any atom is -0.469 e. The molecule has 1 aromatic rings. The molecule has 0 saturated heterocycles. The third-order valence-corrected chi connectivity index (χ3v) is 1.60. The minimum absolute atomic E-state index is 0.0324. The highest BCUT2D eigenvalue weighted by molar-refractivity contribution is 5.16. The van der Waals surface area contributed by atoms with Crippen LogP contribution in [0.1, 0.15) is 23.8 Å². The van der Waals surface area contributed by atoms with Crippen LogP contribution in [0.25, 0.3) is 0 Å². The van der Waals surface area contributed by atoms with Crippen LogP contribution in [0, 0.1) is 6.92 Å². The van der Waals surface area contributed by atoms with E-state index in [2.05, 4.69) is 6.58 Å². The molecule has 0 aliphatic rings. The van der Waals surface area contributed by atoms with E-state index >= 15 is 0 Å². The standard InChI is InChI=1S/C9H13NO/c1-3-4-9(10)8-5-7(2)11-6-8/h3,5-6,9H,1,4,10H2,2H3. The Morgan fingerprint density at radius 3 is 3.00 bits per heavy atom. The molecular weight excluding hydrogens is 138 g/mol. The van der Waals surface area contributed by atoms with Crippen molar-refractivity contribution < 1.29 is 4.42 Å². The topological polar surface area (TPSA) is 39.2 Å². The molecule has 0 fully saturated rings. The summed E-state index contributed by atoms with van der Waals surface area (Å²) >= 11 is 0. The van der Waals surface area contributed by atoms with Gasteiger partial charge in [-0.1, -0.05) is 6.08 Å². The predicted octanol–water partition coefficient (Wildman–Crippen LogP) is 2.16. The summed E-state index contributed by atoms with van der Waals surface area (Å²) < 4.78 is 5.12. The summed E-state index contributed by atoms with van der Waals surface area (Å²) in [4.78, 5) is 0. The van der Waals surface area contributed by atoms with Gasteiger partial charge >= 0.3 is 0 Å². The van der Waals surface area contributed by atoms with E-state index in [1.54, 1.807) is 6.26 Å². The maximum absolute atomic E-state index is 5.79. The summed E-state index contributed by atoms with van der Waals surface area (Å²) in [5.41, 5.74) is 6.83. The molecule has 0 aliphatic heterocycles. The highest BCUT2D eigenvalue weighted by atomic mass is 16.3. The maximum atomic E-state index is 5.79. The van der Waals surface area contributed by atoms with Gasteiger partial charge in [-0.05, 0) is 19.4 Å². The molecule has 11 heavy (non-hydrogen) atoms. The Morgan fingerprint density at radius 1 is 1.82 bits per heavy atom. The van der Waals surface area contributed by atoms with Crippen molar-refractivity contribution in [3.63, 3.8) is 0 Å². The summed E-state index contributed by atoms with van der Waals surface area (Å²) in [7, 11) is 0. The normalized spacial score (nSPS) is 12.9. The van der Waals surface area contributed by atoms with Gasteiger partial charge in [-0.15, -0.1) is 6.58 Å². The maximum Gasteiger partial charge on any atom is 0.101 e. The molecule has 1 atom stereocenters. The second-order valence-corrected chi connectivity index (χ2v) is 2.62. The average molecular weight is 151 g/mol. The summed E-state index contributed by atoms with van der Waals surface area (Å²) in [5, 5.41) is 0. The van der Waals surface area contributed by atoms with E-state index in [0.717, 1.165) is 17.7 Å². The molecule has 2 heteroatoms. The number of nitrogens with two attached hydrogens (primary N) is 1. The Hall–Kier alpha value is -1.02. The van der Waals surface area contributed by atoms with Crippen LogP contribution in [0.4, 0.5) is 0 Å². The Balaban J connectivity index is 2.67. The van der Waals surface area contributed by atoms with Gasteiger partial charge in [0.25, 0.3) is 0 Å². The van der Waals surface area contributed by atoms with Gasteiger partial charge in [0.2, 0.25) is 0 Å². The number of rotatable bonds is 3. The Kier molecular flexibility index (Phi) is 2.49.